The first-order valence-electron chi connectivity index (χ1n) is 10.4. The first-order valence-corrected chi connectivity index (χ1v) is 10.4. The van der Waals surface area contributed by atoms with Crippen molar-refractivity contribution in [3.05, 3.63) is 83.9 Å². The van der Waals surface area contributed by atoms with Crippen LogP contribution < -0.4 is 0 Å². The van der Waals surface area contributed by atoms with Gasteiger partial charge in [-0.3, -0.25) is 4.90 Å². The lowest BCUT2D eigenvalue weighted by atomic mass is 9.99. The topological polar surface area (TPSA) is 3.24 Å². The van der Waals surface area contributed by atoms with E-state index in [9.17, 15) is 0 Å². The third kappa shape index (κ3) is 7.58. The number of hydrogen-bond acceptors (Lipinski definition) is 1. The summed E-state index contributed by atoms with van der Waals surface area (Å²) >= 11 is 0. The lowest BCUT2D eigenvalue weighted by Crippen LogP contribution is -2.25. The predicted octanol–water partition coefficient (Wildman–Crippen LogP) is 6.85. The molecule has 0 bridgehead atoms. The van der Waals surface area contributed by atoms with E-state index in [-0.39, 0.29) is 0 Å². The molecule has 0 saturated carbocycles. The lowest BCUT2D eigenvalue weighted by Gasteiger charge is -2.24. The Kier molecular flexibility index (Phi) is 9.82. The Morgan fingerprint density at radius 1 is 0.808 bits per heavy atom. The van der Waals surface area contributed by atoms with Crippen LogP contribution in [-0.2, 0) is 13.1 Å². The summed E-state index contributed by atoms with van der Waals surface area (Å²) in [5.74, 6) is 0.765. The van der Waals surface area contributed by atoms with Gasteiger partial charge < -0.3 is 0 Å². The number of allylic oxidation sites excluding steroid dienone is 2. The van der Waals surface area contributed by atoms with Crippen LogP contribution in [-0.4, -0.2) is 11.4 Å². The normalized spacial score (nSPS) is 16.7. The quantitative estimate of drug-likeness (QED) is 0.494. The van der Waals surface area contributed by atoms with Crippen LogP contribution >= 0.6 is 0 Å². The van der Waals surface area contributed by atoms with Crippen molar-refractivity contribution in [1.82, 2.24) is 4.90 Å². The van der Waals surface area contributed by atoms with Crippen LogP contribution in [0.5, 0.6) is 0 Å². The van der Waals surface area contributed by atoms with Crippen LogP contribution in [0.4, 0.5) is 0 Å². The lowest BCUT2D eigenvalue weighted by molar-refractivity contribution is 0.240. The molecule has 3 rings (SSSR count). The highest BCUT2D eigenvalue weighted by Gasteiger charge is 2.12. The molecular formula is C25H35N. The molecule has 0 N–H and O–H groups in total. The Balaban J connectivity index is 0.00000117. The van der Waals surface area contributed by atoms with E-state index >= 15 is 0 Å². The molecule has 1 aliphatic carbocycles. The summed E-state index contributed by atoms with van der Waals surface area (Å²) in [6.45, 7) is 7.23. The molecule has 0 amide bonds. The van der Waals surface area contributed by atoms with E-state index < -0.39 is 0 Å². The van der Waals surface area contributed by atoms with E-state index in [2.05, 4.69) is 77.7 Å². The molecule has 0 spiro atoms. The Hall–Kier alpha value is -1.86. The molecule has 140 valence electrons. The van der Waals surface area contributed by atoms with Crippen molar-refractivity contribution in [1.29, 1.82) is 0 Å². The molecule has 2 aromatic rings. The van der Waals surface area contributed by atoms with Gasteiger partial charge in [0.25, 0.3) is 0 Å². The first-order chi connectivity index (χ1) is 12.9. The van der Waals surface area contributed by atoms with Gasteiger partial charge in [-0.1, -0.05) is 93.1 Å². The molecule has 0 saturated heterocycles. The predicted molar refractivity (Wildman–Crippen MR) is 114 cm³/mol. The minimum Gasteiger partial charge on any atom is -0.295 e. The standard InChI is InChI=1S/C23H29N.C2H6/c1-2-6-12-21(11-5-1)17-18-24(19-22-13-7-3-8-14-22)20-23-15-9-4-10-16-23;1-2/h3-5,7-11,13-16,21H,1-2,6,12,17-20H2;1-2H3. The summed E-state index contributed by atoms with van der Waals surface area (Å²) in [6, 6.07) is 21.7. The molecule has 1 nitrogen and oxygen atoms in total. The van der Waals surface area contributed by atoms with Crippen LogP contribution in [0.3, 0.4) is 0 Å². The Labute approximate surface area is 160 Å². The maximum Gasteiger partial charge on any atom is 0.0237 e. The fourth-order valence-electron chi connectivity index (χ4n) is 3.54. The Bertz CT molecular complexity index is 561. The number of hydrogen-bond donors (Lipinski definition) is 0. The summed E-state index contributed by atoms with van der Waals surface area (Å²) in [5.41, 5.74) is 2.81. The van der Waals surface area contributed by atoms with Crippen LogP contribution in [0.25, 0.3) is 0 Å². The minimum absolute atomic E-state index is 0.765. The highest BCUT2D eigenvalue weighted by atomic mass is 15.1. The summed E-state index contributed by atoms with van der Waals surface area (Å²) in [6.07, 6.45) is 11.5. The molecule has 26 heavy (non-hydrogen) atoms. The van der Waals surface area contributed by atoms with Gasteiger partial charge >= 0.3 is 0 Å². The van der Waals surface area contributed by atoms with Crippen molar-refractivity contribution in [3.8, 4) is 0 Å². The van der Waals surface area contributed by atoms with E-state index in [1.54, 1.807) is 0 Å². The Morgan fingerprint density at radius 3 is 1.96 bits per heavy atom. The summed E-state index contributed by atoms with van der Waals surface area (Å²) in [7, 11) is 0. The van der Waals surface area contributed by atoms with Crippen molar-refractivity contribution in [2.75, 3.05) is 6.54 Å². The van der Waals surface area contributed by atoms with E-state index in [0.29, 0.717) is 0 Å². The number of benzene rings is 2. The fourth-order valence-corrected chi connectivity index (χ4v) is 3.54. The molecular weight excluding hydrogens is 314 g/mol. The summed E-state index contributed by atoms with van der Waals surface area (Å²) in [4.78, 5) is 2.60. The van der Waals surface area contributed by atoms with Gasteiger partial charge in [0.1, 0.15) is 0 Å². The highest BCUT2D eigenvalue weighted by Crippen LogP contribution is 2.21. The van der Waals surface area contributed by atoms with Crippen LogP contribution in [0.2, 0.25) is 0 Å². The fraction of sp³-hybridized carbons (Fsp3) is 0.440. The van der Waals surface area contributed by atoms with Gasteiger partial charge in [-0.2, -0.15) is 0 Å². The third-order valence-corrected chi connectivity index (χ3v) is 4.92. The van der Waals surface area contributed by atoms with Crippen LogP contribution in [0.15, 0.2) is 72.8 Å². The summed E-state index contributed by atoms with van der Waals surface area (Å²) in [5, 5.41) is 0. The van der Waals surface area contributed by atoms with Crippen LogP contribution in [0.1, 0.15) is 57.1 Å². The van der Waals surface area contributed by atoms with E-state index in [1.807, 2.05) is 13.8 Å². The van der Waals surface area contributed by atoms with Crippen molar-refractivity contribution in [2.45, 2.75) is 59.0 Å². The molecule has 0 aromatic heterocycles. The van der Waals surface area contributed by atoms with Gasteiger partial charge in [-0.15, -0.1) is 0 Å². The zero-order valence-electron chi connectivity index (χ0n) is 16.6. The monoisotopic (exact) mass is 349 g/mol. The maximum atomic E-state index is 2.60. The van der Waals surface area contributed by atoms with Gasteiger partial charge in [-0.05, 0) is 49.3 Å². The zero-order valence-corrected chi connectivity index (χ0v) is 16.6. The molecule has 0 radical (unpaired) electrons. The largest absolute Gasteiger partial charge is 0.295 e. The second kappa shape index (κ2) is 12.5. The molecule has 1 atom stereocenters. The van der Waals surface area contributed by atoms with Crippen molar-refractivity contribution in [3.63, 3.8) is 0 Å². The summed E-state index contributed by atoms with van der Waals surface area (Å²) < 4.78 is 0. The zero-order chi connectivity index (χ0) is 18.5. The molecule has 2 aromatic carbocycles. The number of rotatable bonds is 7. The number of nitrogens with zero attached hydrogens (tertiary/aromatic N) is 1. The average molecular weight is 350 g/mol. The van der Waals surface area contributed by atoms with Gasteiger partial charge in [0.05, 0.1) is 0 Å². The molecule has 0 aliphatic heterocycles. The Morgan fingerprint density at radius 2 is 1.38 bits per heavy atom. The van der Waals surface area contributed by atoms with E-state index in [4.69, 9.17) is 0 Å². The van der Waals surface area contributed by atoms with Gasteiger partial charge in [0.2, 0.25) is 0 Å². The van der Waals surface area contributed by atoms with Gasteiger partial charge in [0, 0.05) is 13.1 Å². The molecule has 0 heterocycles. The van der Waals surface area contributed by atoms with Crippen LogP contribution in [0, 0.1) is 5.92 Å². The molecule has 1 aliphatic rings. The second-order valence-electron chi connectivity index (χ2n) is 6.94. The van der Waals surface area contributed by atoms with Gasteiger partial charge in [-0.25, -0.2) is 0 Å². The maximum absolute atomic E-state index is 2.60. The molecule has 1 heteroatoms. The minimum atomic E-state index is 0.765. The van der Waals surface area contributed by atoms with Crippen molar-refractivity contribution >= 4 is 0 Å². The SMILES string of the molecule is C1=CC(CCN(Cc2ccccc2)Cc2ccccc2)CCCC1.CC. The van der Waals surface area contributed by atoms with Crippen molar-refractivity contribution < 1.29 is 0 Å². The molecule has 0 fully saturated rings. The smallest absolute Gasteiger partial charge is 0.0237 e. The van der Waals surface area contributed by atoms with Crippen molar-refractivity contribution in [2.24, 2.45) is 5.92 Å². The van der Waals surface area contributed by atoms with Gasteiger partial charge in [0.15, 0.2) is 0 Å². The molecule has 1 unspecified atom stereocenters. The third-order valence-electron chi connectivity index (χ3n) is 4.92. The van der Waals surface area contributed by atoms with E-state index in [1.165, 1.54) is 49.8 Å². The first kappa shape index (κ1) is 20.5. The second-order valence-corrected chi connectivity index (χ2v) is 6.94. The van der Waals surface area contributed by atoms with E-state index in [0.717, 1.165) is 19.0 Å². The highest BCUT2D eigenvalue weighted by molar-refractivity contribution is 5.17. The average Bonchev–Trinajstić information content (AvgIpc) is 2.98.